The van der Waals surface area contributed by atoms with E-state index in [-0.39, 0.29) is 0 Å². The fourth-order valence-electron chi connectivity index (χ4n) is 11.1. The van der Waals surface area contributed by atoms with Crippen LogP contribution in [0.3, 0.4) is 0 Å². The Morgan fingerprint density at radius 3 is 1.54 bits per heavy atom. The van der Waals surface area contributed by atoms with Gasteiger partial charge in [-0.25, -0.2) is 0 Å². The molecule has 0 fully saturated rings. The van der Waals surface area contributed by atoms with E-state index >= 15 is 0 Å². The first-order valence-corrected chi connectivity index (χ1v) is 23.7. The van der Waals surface area contributed by atoms with Gasteiger partial charge in [-0.05, 0) is 109 Å². The zero-order valence-electron chi connectivity index (χ0n) is 37.8. The van der Waals surface area contributed by atoms with Crippen molar-refractivity contribution in [3.05, 3.63) is 295 Å². The Hall–Kier alpha value is -8.98. The molecular formula is C67H45NO. The predicted molar refractivity (Wildman–Crippen MR) is 287 cm³/mol. The van der Waals surface area contributed by atoms with Crippen LogP contribution in [0.1, 0.15) is 22.3 Å². The highest BCUT2D eigenvalue weighted by Crippen LogP contribution is 2.59. The van der Waals surface area contributed by atoms with E-state index in [0.29, 0.717) is 0 Å². The number of rotatable bonds is 9. The van der Waals surface area contributed by atoms with E-state index in [1.165, 1.54) is 50.1 Å². The highest BCUT2D eigenvalue weighted by Gasteiger charge is 2.47. The van der Waals surface area contributed by atoms with Gasteiger partial charge in [-0.15, -0.1) is 0 Å². The number of furan rings is 1. The first kappa shape index (κ1) is 40.3. The monoisotopic (exact) mass is 879 g/mol. The zero-order valence-corrected chi connectivity index (χ0v) is 37.8. The molecule has 0 spiro atoms. The molecule has 1 heterocycles. The van der Waals surface area contributed by atoms with Crippen molar-refractivity contribution >= 4 is 39.0 Å². The first-order valence-electron chi connectivity index (χ1n) is 23.7. The van der Waals surface area contributed by atoms with Gasteiger partial charge in [-0.2, -0.15) is 0 Å². The van der Waals surface area contributed by atoms with Gasteiger partial charge < -0.3 is 9.32 Å². The molecule has 2 heteroatoms. The fourth-order valence-corrected chi connectivity index (χ4v) is 11.1. The van der Waals surface area contributed by atoms with Crippen LogP contribution in [0.2, 0.25) is 0 Å². The SMILES string of the molecule is c1ccc(-c2ccc(-c3ccccc3N(c3cccc(-c4ccc5c(c4)oc4ccccc45)c3)c3ccccc3-c3cccc4c3-c3ccccc3C4(c3ccccc3)c3ccccc3)cc2)cc1. The lowest BCUT2D eigenvalue weighted by Gasteiger charge is -2.34. The third kappa shape index (κ3) is 6.64. The van der Waals surface area contributed by atoms with Crippen LogP contribution in [0.15, 0.2) is 277 Å². The summed E-state index contributed by atoms with van der Waals surface area (Å²) in [7, 11) is 0. The Kier molecular flexibility index (Phi) is 9.77. The summed E-state index contributed by atoms with van der Waals surface area (Å²) < 4.78 is 6.42. The minimum Gasteiger partial charge on any atom is -0.456 e. The molecule has 1 aromatic heterocycles. The molecule has 11 aromatic carbocycles. The van der Waals surface area contributed by atoms with E-state index in [9.17, 15) is 0 Å². The van der Waals surface area contributed by atoms with Crippen molar-refractivity contribution in [1.29, 1.82) is 0 Å². The van der Waals surface area contributed by atoms with Crippen molar-refractivity contribution in [2.24, 2.45) is 0 Å². The smallest absolute Gasteiger partial charge is 0.136 e. The summed E-state index contributed by atoms with van der Waals surface area (Å²) in [5.41, 5.74) is 21.2. The van der Waals surface area contributed by atoms with E-state index in [1.54, 1.807) is 0 Å². The summed E-state index contributed by atoms with van der Waals surface area (Å²) in [5.74, 6) is 0. The molecule has 69 heavy (non-hydrogen) atoms. The summed E-state index contributed by atoms with van der Waals surface area (Å²) in [4.78, 5) is 2.47. The highest BCUT2D eigenvalue weighted by molar-refractivity contribution is 6.06. The Morgan fingerprint density at radius 2 is 0.783 bits per heavy atom. The molecule has 0 radical (unpaired) electrons. The van der Waals surface area contributed by atoms with E-state index in [2.05, 4.69) is 266 Å². The Morgan fingerprint density at radius 1 is 0.290 bits per heavy atom. The number of hydrogen-bond acceptors (Lipinski definition) is 2. The van der Waals surface area contributed by atoms with Gasteiger partial charge in [0, 0.05) is 27.6 Å². The van der Waals surface area contributed by atoms with Gasteiger partial charge in [0.2, 0.25) is 0 Å². The first-order chi connectivity index (χ1) is 34.2. The Bertz CT molecular complexity index is 3790. The zero-order chi connectivity index (χ0) is 45.7. The van der Waals surface area contributed by atoms with Crippen LogP contribution in [-0.4, -0.2) is 0 Å². The maximum Gasteiger partial charge on any atom is 0.136 e. The van der Waals surface area contributed by atoms with Crippen molar-refractivity contribution in [2.75, 3.05) is 4.90 Å². The average molecular weight is 880 g/mol. The van der Waals surface area contributed by atoms with Crippen molar-refractivity contribution in [2.45, 2.75) is 5.41 Å². The Labute approximate surface area is 402 Å². The molecule has 0 saturated carbocycles. The minimum absolute atomic E-state index is 0.521. The van der Waals surface area contributed by atoms with Crippen LogP contribution in [-0.2, 0) is 5.41 Å². The van der Waals surface area contributed by atoms with Crippen molar-refractivity contribution in [1.82, 2.24) is 0 Å². The molecule has 1 aliphatic carbocycles. The Balaban J connectivity index is 1.03. The second kappa shape index (κ2) is 16.7. The van der Waals surface area contributed by atoms with Gasteiger partial charge >= 0.3 is 0 Å². The lowest BCUT2D eigenvalue weighted by atomic mass is 9.67. The average Bonchev–Trinajstić information content (AvgIpc) is 3.96. The van der Waals surface area contributed by atoms with Gasteiger partial charge in [0.1, 0.15) is 11.2 Å². The quantitative estimate of drug-likeness (QED) is 0.144. The molecule has 0 amide bonds. The van der Waals surface area contributed by atoms with Crippen LogP contribution in [0.4, 0.5) is 17.1 Å². The third-order valence-corrected chi connectivity index (χ3v) is 14.2. The molecule has 324 valence electrons. The topological polar surface area (TPSA) is 16.4 Å². The molecule has 0 bridgehead atoms. The molecule has 1 aliphatic rings. The van der Waals surface area contributed by atoms with Crippen LogP contribution in [0.5, 0.6) is 0 Å². The normalized spacial score (nSPS) is 12.5. The summed E-state index contributed by atoms with van der Waals surface area (Å²) in [5, 5.41) is 2.25. The van der Waals surface area contributed by atoms with Crippen LogP contribution in [0.25, 0.3) is 77.6 Å². The molecule has 13 rings (SSSR count). The van der Waals surface area contributed by atoms with Crippen LogP contribution in [0, 0.1) is 0 Å². The van der Waals surface area contributed by atoms with Gasteiger partial charge in [0.15, 0.2) is 0 Å². The lowest BCUT2D eigenvalue weighted by Crippen LogP contribution is -2.28. The van der Waals surface area contributed by atoms with Gasteiger partial charge in [0.05, 0.1) is 16.8 Å². The third-order valence-electron chi connectivity index (χ3n) is 14.2. The van der Waals surface area contributed by atoms with E-state index in [1.807, 2.05) is 12.1 Å². The highest BCUT2D eigenvalue weighted by atomic mass is 16.3. The van der Waals surface area contributed by atoms with Crippen LogP contribution < -0.4 is 4.90 Å². The summed E-state index contributed by atoms with van der Waals surface area (Å²) in [6.07, 6.45) is 0. The van der Waals surface area contributed by atoms with E-state index < -0.39 is 5.41 Å². The molecule has 12 aromatic rings. The lowest BCUT2D eigenvalue weighted by molar-refractivity contribution is 0.669. The number of nitrogens with zero attached hydrogens (tertiary/aromatic N) is 1. The van der Waals surface area contributed by atoms with Crippen molar-refractivity contribution in [3.63, 3.8) is 0 Å². The maximum absolute atomic E-state index is 6.42. The van der Waals surface area contributed by atoms with E-state index in [0.717, 1.165) is 66.8 Å². The minimum atomic E-state index is -0.521. The second-order valence-electron chi connectivity index (χ2n) is 17.9. The number of benzene rings is 11. The number of para-hydroxylation sites is 3. The number of anilines is 3. The van der Waals surface area contributed by atoms with Gasteiger partial charge in [0.25, 0.3) is 0 Å². The molecule has 0 aliphatic heterocycles. The molecule has 0 N–H and O–H groups in total. The standard InChI is InChI=1S/C67H45NO/c1-4-20-46(21-5-1)47-38-40-48(41-39-47)54-28-11-15-35-62(54)68(53-27-18-22-49(44-53)50-42-43-57-56-30-13-17-37-64(56)69-65(57)45-50)63-36-16-12-29-55(63)58-32-19-34-61-66(58)59-31-10-14-33-60(59)67(61,51-23-6-2-7-24-51)52-25-8-3-9-26-52/h1-45H. The van der Waals surface area contributed by atoms with E-state index in [4.69, 9.17) is 4.42 Å². The van der Waals surface area contributed by atoms with Gasteiger partial charge in [-0.3, -0.25) is 0 Å². The molecule has 0 saturated heterocycles. The fraction of sp³-hybridized carbons (Fsp3) is 0.0149. The maximum atomic E-state index is 6.42. The van der Waals surface area contributed by atoms with Crippen molar-refractivity contribution < 1.29 is 4.42 Å². The number of hydrogen-bond donors (Lipinski definition) is 0. The molecular weight excluding hydrogens is 835 g/mol. The predicted octanol–water partition coefficient (Wildman–Crippen LogP) is 18.1. The summed E-state index contributed by atoms with van der Waals surface area (Å²) >= 11 is 0. The molecule has 0 unspecified atom stereocenters. The van der Waals surface area contributed by atoms with Crippen LogP contribution >= 0.6 is 0 Å². The largest absolute Gasteiger partial charge is 0.456 e. The van der Waals surface area contributed by atoms with Crippen molar-refractivity contribution in [3.8, 4) is 55.6 Å². The molecule has 2 nitrogen and oxygen atoms in total. The number of fused-ring (bicyclic) bond motifs is 6. The second-order valence-corrected chi connectivity index (χ2v) is 17.9. The summed E-state index contributed by atoms with van der Waals surface area (Å²) in [6, 6.07) is 99.4. The van der Waals surface area contributed by atoms with Gasteiger partial charge in [-0.1, -0.05) is 231 Å². The summed E-state index contributed by atoms with van der Waals surface area (Å²) in [6.45, 7) is 0. The molecule has 0 atom stereocenters.